The molecule has 0 aliphatic heterocycles. The van der Waals surface area contributed by atoms with Gasteiger partial charge in [-0.2, -0.15) is 0 Å². The second-order valence-electron chi connectivity index (χ2n) is 3.55. The van der Waals surface area contributed by atoms with Crippen molar-refractivity contribution in [3.05, 3.63) is 33.3 Å². The van der Waals surface area contributed by atoms with Crippen molar-refractivity contribution < 1.29 is 9.66 Å². The number of ether oxygens (including phenoxy) is 1. The molecule has 0 saturated carbocycles. The molecule has 0 spiro atoms. The smallest absolute Gasteiger partial charge is 0.329 e. The highest BCUT2D eigenvalue weighted by Crippen LogP contribution is 2.34. The lowest BCUT2D eigenvalue weighted by Crippen LogP contribution is -2.06. The Morgan fingerprint density at radius 3 is 2.73 bits per heavy atom. The number of rotatable bonds is 4. The third-order valence-electron chi connectivity index (χ3n) is 1.70. The fourth-order valence-electron chi connectivity index (χ4n) is 1.05. The van der Waals surface area contributed by atoms with Gasteiger partial charge in [0.2, 0.25) is 0 Å². The van der Waals surface area contributed by atoms with Gasteiger partial charge < -0.3 is 4.74 Å². The zero-order valence-corrected chi connectivity index (χ0v) is 9.32. The predicted molar refractivity (Wildman–Crippen MR) is 58.4 cm³/mol. The average molecular weight is 230 g/mol. The number of para-hydroxylation sites is 1. The molecule has 0 aliphatic carbocycles. The van der Waals surface area contributed by atoms with Gasteiger partial charge >= 0.3 is 5.69 Å². The average Bonchev–Trinajstić information content (AvgIpc) is 2.13. The number of halogens is 1. The Morgan fingerprint density at radius 2 is 2.20 bits per heavy atom. The summed E-state index contributed by atoms with van der Waals surface area (Å²) in [7, 11) is 0. The highest BCUT2D eigenvalue weighted by molar-refractivity contribution is 6.32. The van der Waals surface area contributed by atoms with Crippen LogP contribution < -0.4 is 4.74 Å². The Kier molecular flexibility index (Phi) is 3.91. The van der Waals surface area contributed by atoms with Crippen LogP contribution in [-0.4, -0.2) is 11.5 Å². The minimum atomic E-state index is -0.530. The predicted octanol–water partition coefficient (Wildman–Crippen LogP) is 3.28. The monoisotopic (exact) mass is 229 g/mol. The first kappa shape index (κ1) is 11.8. The Balaban J connectivity index is 2.96. The van der Waals surface area contributed by atoms with Crippen molar-refractivity contribution in [3.63, 3.8) is 0 Å². The zero-order valence-electron chi connectivity index (χ0n) is 8.57. The molecule has 0 N–H and O–H groups in total. The van der Waals surface area contributed by atoms with Crippen LogP contribution >= 0.6 is 11.6 Å². The van der Waals surface area contributed by atoms with Crippen LogP contribution in [-0.2, 0) is 0 Å². The zero-order chi connectivity index (χ0) is 11.4. The lowest BCUT2D eigenvalue weighted by molar-refractivity contribution is -0.385. The van der Waals surface area contributed by atoms with Crippen LogP contribution in [0.25, 0.3) is 0 Å². The highest BCUT2D eigenvalue weighted by Gasteiger charge is 2.19. The van der Waals surface area contributed by atoms with Crippen LogP contribution in [0, 0.1) is 16.0 Å². The van der Waals surface area contributed by atoms with Crippen LogP contribution in [0.2, 0.25) is 5.02 Å². The number of nitro benzene ring substituents is 1. The molecule has 0 bridgehead atoms. The minimum Gasteiger partial charge on any atom is -0.487 e. The summed E-state index contributed by atoms with van der Waals surface area (Å²) in [5.74, 6) is 0.532. The van der Waals surface area contributed by atoms with Crippen LogP contribution in [0.5, 0.6) is 5.75 Å². The van der Waals surface area contributed by atoms with E-state index in [9.17, 15) is 10.1 Å². The maximum Gasteiger partial charge on any atom is 0.329 e. The van der Waals surface area contributed by atoms with Crippen molar-refractivity contribution in [2.24, 2.45) is 5.92 Å². The first-order chi connectivity index (χ1) is 7.02. The Labute approximate surface area is 93.0 Å². The summed E-state index contributed by atoms with van der Waals surface area (Å²) in [6, 6.07) is 4.65. The molecule has 82 valence electrons. The molecule has 1 aromatic carbocycles. The van der Waals surface area contributed by atoms with Gasteiger partial charge in [0.25, 0.3) is 0 Å². The van der Waals surface area contributed by atoms with Gasteiger partial charge in [-0.25, -0.2) is 0 Å². The van der Waals surface area contributed by atoms with Gasteiger partial charge in [0.1, 0.15) is 5.02 Å². The highest BCUT2D eigenvalue weighted by atomic mass is 35.5. The molecular weight excluding hydrogens is 218 g/mol. The number of hydrogen-bond donors (Lipinski definition) is 0. The fourth-order valence-corrected chi connectivity index (χ4v) is 1.28. The van der Waals surface area contributed by atoms with Crippen LogP contribution in [0.15, 0.2) is 18.2 Å². The minimum absolute atomic E-state index is 0.0984. The molecule has 1 aromatic rings. The molecule has 0 saturated heterocycles. The van der Waals surface area contributed by atoms with E-state index in [1.165, 1.54) is 6.07 Å². The summed E-state index contributed by atoms with van der Waals surface area (Å²) < 4.78 is 5.31. The molecule has 1 rings (SSSR count). The van der Waals surface area contributed by atoms with Crippen LogP contribution in [0.1, 0.15) is 13.8 Å². The maximum absolute atomic E-state index is 10.7. The number of benzene rings is 1. The molecular formula is C10H12ClNO3. The van der Waals surface area contributed by atoms with Gasteiger partial charge in [0.15, 0.2) is 5.75 Å². The van der Waals surface area contributed by atoms with Crippen molar-refractivity contribution in [1.82, 2.24) is 0 Å². The number of hydrogen-bond acceptors (Lipinski definition) is 3. The fraction of sp³-hybridized carbons (Fsp3) is 0.400. The van der Waals surface area contributed by atoms with Gasteiger partial charge in [-0.1, -0.05) is 31.5 Å². The molecule has 0 atom stereocenters. The SMILES string of the molecule is CC(C)COc1cccc(Cl)c1[N+](=O)[O-]. The Bertz CT molecular complexity index is 366. The first-order valence-electron chi connectivity index (χ1n) is 4.58. The van der Waals surface area contributed by atoms with E-state index in [1.807, 2.05) is 13.8 Å². The molecule has 0 aliphatic rings. The molecule has 4 nitrogen and oxygen atoms in total. The van der Waals surface area contributed by atoms with Gasteiger partial charge in [-0.15, -0.1) is 0 Å². The third-order valence-corrected chi connectivity index (χ3v) is 2.01. The number of nitro groups is 1. The van der Waals surface area contributed by atoms with Crippen molar-refractivity contribution in [1.29, 1.82) is 0 Å². The van der Waals surface area contributed by atoms with Gasteiger partial charge in [0.05, 0.1) is 11.5 Å². The van der Waals surface area contributed by atoms with Crippen molar-refractivity contribution in [3.8, 4) is 5.75 Å². The molecule has 0 amide bonds. The summed E-state index contributed by atoms with van der Waals surface area (Å²) in [5.41, 5.74) is -0.167. The quantitative estimate of drug-likeness (QED) is 0.588. The Hall–Kier alpha value is -1.29. The number of nitrogens with zero attached hydrogens (tertiary/aromatic N) is 1. The van der Waals surface area contributed by atoms with Crippen molar-refractivity contribution >= 4 is 17.3 Å². The van der Waals surface area contributed by atoms with E-state index in [1.54, 1.807) is 12.1 Å². The van der Waals surface area contributed by atoms with E-state index >= 15 is 0 Å². The van der Waals surface area contributed by atoms with E-state index in [-0.39, 0.29) is 16.5 Å². The van der Waals surface area contributed by atoms with E-state index < -0.39 is 4.92 Å². The molecule has 0 unspecified atom stereocenters. The second-order valence-corrected chi connectivity index (χ2v) is 3.96. The summed E-state index contributed by atoms with van der Waals surface area (Å²) >= 11 is 5.72. The summed E-state index contributed by atoms with van der Waals surface area (Å²) in [6.45, 7) is 4.37. The summed E-state index contributed by atoms with van der Waals surface area (Å²) in [4.78, 5) is 10.2. The molecule has 0 aromatic heterocycles. The van der Waals surface area contributed by atoms with Gasteiger partial charge in [-0.05, 0) is 18.1 Å². The van der Waals surface area contributed by atoms with Gasteiger partial charge in [-0.3, -0.25) is 10.1 Å². The van der Waals surface area contributed by atoms with Crippen LogP contribution in [0.4, 0.5) is 5.69 Å². The molecule has 0 radical (unpaired) electrons. The maximum atomic E-state index is 10.7. The van der Waals surface area contributed by atoms with Crippen LogP contribution in [0.3, 0.4) is 0 Å². The third kappa shape index (κ3) is 3.09. The summed E-state index contributed by atoms with van der Waals surface area (Å²) in [6.07, 6.45) is 0. The molecule has 0 fully saturated rings. The normalized spacial score (nSPS) is 10.4. The summed E-state index contributed by atoms with van der Waals surface area (Å²) in [5, 5.41) is 10.8. The van der Waals surface area contributed by atoms with E-state index in [4.69, 9.17) is 16.3 Å². The van der Waals surface area contributed by atoms with Crippen molar-refractivity contribution in [2.45, 2.75) is 13.8 Å². The largest absolute Gasteiger partial charge is 0.487 e. The standard InChI is InChI=1S/C10H12ClNO3/c1-7(2)6-15-9-5-3-4-8(11)10(9)12(13)14/h3-5,7H,6H2,1-2H3. The van der Waals surface area contributed by atoms with E-state index in [0.29, 0.717) is 12.5 Å². The first-order valence-corrected chi connectivity index (χ1v) is 4.96. The van der Waals surface area contributed by atoms with Crippen molar-refractivity contribution in [2.75, 3.05) is 6.61 Å². The van der Waals surface area contributed by atoms with E-state index in [0.717, 1.165) is 0 Å². The Morgan fingerprint density at radius 1 is 1.53 bits per heavy atom. The molecule has 15 heavy (non-hydrogen) atoms. The van der Waals surface area contributed by atoms with Gasteiger partial charge in [0, 0.05) is 0 Å². The van der Waals surface area contributed by atoms with E-state index in [2.05, 4.69) is 0 Å². The topological polar surface area (TPSA) is 52.4 Å². The molecule has 5 heteroatoms. The molecule has 0 heterocycles. The lowest BCUT2D eigenvalue weighted by atomic mass is 10.2. The second kappa shape index (κ2) is 4.98. The lowest BCUT2D eigenvalue weighted by Gasteiger charge is -2.09.